The maximum absolute atomic E-state index is 12.5. The van der Waals surface area contributed by atoms with E-state index in [1.54, 1.807) is 41.9 Å². The van der Waals surface area contributed by atoms with Crippen LogP contribution >= 0.6 is 11.8 Å². The van der Waals surface area contributed by atoms with Crippen molar-refractivity contribution in [2.75, 3.05) is 12.4 Å². The lowest BCUT2D eigenvalue weighted by molar-refractivity contribution is 0.318. The van der Waals surface area contributed by atoms with Gasteiger partial charge in [-0.3, -0.25) is 0 Å². The summed E-state index contributed by atoms with van der Waals surface area (Å²) in [7, 11) is -1.64. The average molecular weight is 404 g/mol. The van der Waals surface area contributed by atoms with Crippen LogP contribution in [0.3, 0.4) is 0 Å². The molecular formula is C19H21N3O3S2. The highest BCUT2D eigenvalue weighted by Gasteiger charge is 2.19. The molecule has 1 aromatic heterocycles. The van der Waals surface area contributed by atoms with E-state index < -0.39 is 9.84 Å². The quantitative estimate of drug-likeness (QED) is 0.403. The molecule has 0 amide bonds. The first-order valence-electron chi connectivity index (χ1n) is 8.53. The number of hydrogen-bond donors (Lipinski definition) is 0. The smallest absolute Gasteiger partial charge is 0.190 e. The normalized spacial score (nSPS) is 11.4. The van der Waals surface area contributed by atoms with Crippen LogP contribution in [-0.2, 0) is 22.6 Å². The molecule has 6 nitrogen and oxygen atoms in total. The molecular weight excluding hydrogens is 382 g/mol. The van der Waals surface area contributed by atoms with Gasteiger partial charge in [-0.2, -0.15) is 0 Å². The van der Waals surface area contributed by atoms with Crippen molar-refractivity contribution in [2.24, 2.45) is 7.05 Å². The summed E-state index contributed by atoms with van der Waals surface area (Å²) in [5.74, 6) is 1.93. The fourth-order valence-corrected chi connectivity index (χ4v) is 4.58. The zero-order valence-corrected chi connectivity index (χ0v) is 16.6. The summed E-state index contributed by atoms with van der Waals surface area (Å²) >= 11 is 1.54. The lowest BCUT2D eigenvalue weighted by Crippen LogP contribution is -2.09. The Labute approximate surface area is 163 Å². The van der Waals surface area contributed by atoms with Gasteiger partial charge >= 0.3 is 0 Å². The molecule has 0 saturated heterocycles. The first kappa shape index (κ1) is 19.4. The fourth-order valence-electron chi connectivity index (χ4n) is 2.41. The molecule has 27 heavy (non-hydrogen) atoms. The van der Waals surface area contributed by atoms with Crippen LogP contribution in [-0.4, -0.2) is 35.5 Å². The number of benzene rings is 2. The molecule has 0 N–H and O–H groups in total. The minimum absolute atomic E-state index is 0.168. The largest absolute Gasteiger partial charge is 0.494 e. The van der Waals surface area contributed by atoms with Crippen LogP contribution in [0.5, 0.6) is 5.75 Å². The highest BCUT2D eigenvalue weighted by molar-refractivity contribution is 7.99. The summed E-state index contributed by atoms with van der Waals surface area (Å²) in [6.07, 6.45) is 0.851. The number of thioether (sulfide) groups is 1. The lowest BCUT2D eigenvalue weighted by atomic mass is 10.3. The number of rotatable bonds is 9. The Morgan fingerprint density at radius 1 is 1.00 bits per heavy atom. The maximum atomic E-state index is 12.5. The second kappa shape index (κ2) is 9.05. The minimum atomic E-state index is -3.43. The van der Waals surface area contributed by atoms with Crippen LogP contribution < -0.4 is 4.74 Å². The Balaban J connectivity index is 1.51. The van der Waals surface area contributed by atoms with Crippen molar-refractivity contribution in [1.82, 2.24) is 14.8 Å². The van der Waals surface area contributed by atoms with Crippen LogP contribution in [0.4, 0.5) is 0 Å². The van der Waals surface area contributed by atoms with Crippen molar-refractivity contribution in [2.45, 2.75) is 22.2 Å². The molecule has 3 rings (SSSR count). The SMILES string of the molecule is Cn1c(CS(=O)(=O)c2ccccc2)nnc1SCCCOc1ccccc1. The van der Waals surface area contributed by atoms with Gasteiger partial charge in [0.15, 0.2) is 15.0 Å². The maximum Gasteiger partial charge on any atom is 0.190 e. The number of nitrogens with zero attached hydrogens (tertiary/aromatic N) is 3. The van der Waals surface area contributed by atoms with Crippen molar-refractivity contribution >= 4 is 21.6 Å². The van der Waals surface area contributed by atoms with E-state index in [-0.39, 0.29) is 5.75 Å². The van der Waals surface area contributed by atoms with E-state index in [2.05, 4.69) is 10.2 Å². The van der Waals surface area contributed by atoms with E-state index in [9.17, 15) is 8.42 Å². The molecule has 0 unspecified atom stereocenters. The summed E-state index contributed by atoms with van der Waals surface area (Å²) in [4.78, 5) is 0.292. The average Bonchev–Trinajstić information content (AvgIpc) is 3.02. The molecule has 0 aliphatic heterocycles. The van der Waals surface area contributed by atoms with Crippen molar-refractivity contribution in [3.8, 4) is 5.75 Å². The van der Waals surface area contributed by atoms with Crippen LogP contribution in [0.2, 0.25) is 0 Å². The van der Waals surface area contributed by atoms with Crippen LogP contribution in [0.15, 0.2) is 70.7 Å². The van der Waals surface area contributed by atoms with Crippen molar-refractivity contribution < 1.29 is 13.2 Å². The summed E-state index contributed by atoms with van der Waals surface area (Å²) in [6.45, 7) is 0.615. The van der Waals surface area contributed by atoms with Crippen molar-refractivity contribution in [3.05, 3.63) is 66.5 Å². The summed E-state index contributed by atoms with van der Waals surface area (Å²) in [6, 6.07) is 18.1. The zero-order valence-electron chi connectivity index (χ0n) is 15.0. The highest BCUT2D eigenvalue weighted by Crippen LogP contribution is 2.20. The second-order valence-corrected chi connectivity index (χ2v) is 8.95. The number of para-hydroxylation sites is 1. The van der Waals surface area contributed by atoms with Gasteiger partial charge in [0, 0.05) is 12.8 Å². The first-order valence-corrected chi connectivity index (χ1v) is 11.2. The van der Waals surface area contributed by atoms with Gasteiger partial charge in [-0.15, -0.1) is 10.2 Å². The van der Waals surface area contributed by atoms with Gasteiger partial charge in [-0.1, -0.05) is 48.2 Å². The Morgan fingerprint density at radius 3 is 2.37 bits per heavy atom. The van der Waals surface area contributed by atoms with Crippen LogP contribution in [0.1, 0.15) is 12.2 Å². The summed E-state index contributed by atoms with van der Waals surface area (Å²) < 4.78 is 32.4. The van der Waals surface area contributed by atoms with E-state index in [1.807, 2.05) is 30.3 Å². The van der Waals surface area contributed by atoms with Gasteiger partial charge < -0.3 is 9.30 Å². The number of ether oxygens (including phenoxy) is 1. The fraction of sp³-hybridized carbons (Fsp3) is 0.263. The standard InChI is InChI=1S/C19H21N3O3S2/c1-22-18(15-27(23,24)17-11-6-3-7-12-17)20-21-19(22)26-14-8-13-25-16-9-4-2-5-10-16/h2-7,9-12H,8,13-15H2,1H3. The molecule has 0 bridgehead atoms. The van der Waals surface area contributed by atoms with E-state index in [0.717, 1.165) is 17.9 Å². The number of aromatic nitrogens is 3. The van der Waals surface area contributed by atoms with Crippen molar-refractivity contribution in [1.29, 1.82) is 0 Å². The Bertz CT molecular complexity index is 958. The summed E-state index contributed by atoms with van der Waals surface area (Å²) in [5.41, 5.74) is 0. The summed E-state index contributed by atoms with van der Waals surface area (Å²) in [5, 5.41) is 8.88. The molecule has 0 atom stereocenters. The lowest BCUT2D eigenvalue weighted by Gasteiger charge is -2.06. The molecule has 1 heterocycles. The third-order valence-corrected chi connectivity index (χ3v) is 6.61. The highest BCUT2D eigenvalue weighted by atomic mass is 32.2. The van der Waals surface area contributed by atoms with Gasteiger partial charge in [0.1, 0.15) is 17.3 Å². The molecule has 0 fully saturated rings. The molecule has 0 radical (unpaired) electrons. The molecule has 0 aliphatic carbocycles. The van der Waals surface area contributed by atoms with Gasteiger partial charge in [-0.05, 0) is 30.7 Å². The number of hydrogen-bond acceptors (Lipinski definition) is 6. The second-order valence-electron chi connectivity index (χ2n) is 5.89. The molecule has 0 aliphatic rings. The molecule has 142 valence electrons. The van der Waals surface area contributed by atoms with E-state index in [1.165, 1.54) is 11.8 Å². The zero-order chi connectivity index (χ0) is 19.1. The first-order chi connectivity index (χ1) is 13.1. The molecule has 0 saturated carbocycles. The van der Waals surface area contributed by atoms with Crippen molar-refractivity contribution in [3.63, 3.8) is 0 Å². The Kier molecular flexibility index (Phi) is 6.52. The Hall–Kier alpha value is -2.32. The van der Waals surface area contributed by atoms with E-state index in [0.29, 0.717) is 22.5 Å². The third-order valence-electron chi connectivity index (χ3n) is 3.88. The Morgan fingerprint density at radius 2 is 1.67 bits per heavy atom. The van der Waals surface area contributed by atoms with Crippen LogP contribution in [0.25, 0.3) is 0 Å². The minimum Gasteiger partial charge on any atom is -0.494 e. The molecule has 2 aromatic carbocycles. The molecule has 0 spiro atoms. The van der Waals surface area contributed by atoms with Gasteiger partial charge in [0.25, 0.3) is 0 Å². The van der Waals surface area contributed by atoms with E-state index in [4.69, 9.17) is 4.74 Å². The molecule has 3 aromatic rings. The molecule has 8 heteroatoms. The van der Waals surface area contributed by atoms with Gasteiger partial charge in [0.05, 0.1) is 11.5 Å². The number of sulfone groups is 1. The predicted octanol–water partition coefficient (Wildman–Crippen LogP) is 3.35. The topological polar surface area (TPSA) is 74.1 Å². The van der Waals surface area contributed by atoms with Crippen LogP contribution in [0, 0.1) is 0 Å². The monoisotopic (exact) mass is 403 g/mol. The van der Waals surface area contributed by atoms with Gasteiger partial charge in [-0.25, -0.2) is 8.42 Å². The predicted molar refractivity (Wildman–Crippen MR) is 106 cm³/mol. The van der Waals surface area contributed by atoms with Gasteiger partial charge in [0.2, 0.25) is 0 Å². The van der Waals surface area contributed by atoms with E-state index >= 15 is 0 Å². The third kappa shape index (κ3) is 5.33.